The van der Waals surface area contributed by atoms with Gasteiger partial charge in [0.2, 0.25) is 0 Å². The Morgan fingerprint density at radius 2 is 2.06 bits per heavy atom. The molecular formula is C15H20N2O. The number of fused-ring (bicyclic) bond motifs is 1. The van der Waals surface area contributed by atoms with Crippen LogP contribution in [0.2, 0.25) is 0 Å². The molecule has 1 fully saturated rings. The maximum absolute atomic E-state index is 10.4. The number of nitrogens with zero attached hydrogens (tertiary/aromatic N) is 2. The van der Waals surface area contributed by atoms with E-state index in [9.17, 15) is 5.11 Å². The number of aromatic nitrogens is 2. The van der Waals surface area contributed by atoms with E-state index in [0.717, 1.165) is 23.0 Å². The summed E-state index contributed by atoms with van der Waals surface area (Å²) < 4.78 is 1.86. The van der Waals surface area contributed by atoms with E-state index in [1.165, 1.54) is 25.7 Å². The second-order valence-electron chi connectivity index (χ2n) is 5.43. The molecule has 0 amide bonds. The summed E-state index contributed by atoms with van der Waals surface area (Å²) in [5.74, 6) is 0.681. The van der Waals surface area contributed by atoms with Gasteiger partial charge in [0.05, 0.1) is 17.3 Å². The van der Waals surface area contributed by atoms with E-state index in [-0.39, 0.29) is 0 Å². The normalized spacial score (nSPS) is 18.6. The molecule has 1 aliphatic carbocycles. The SMILES string of the molecule is Cn1nc(C(O)CC2CCCC2)c2ccccc21. The number of para-hydroxylation sites is 1. The molecule has 3 heteroatoms. The van der Waals surface area contributed by atoms with Crippen molar-refractivity contribution in [2.75, 3.05) is 0 Å². The predicted molar refractivity (Wildman–Crippen MR) is 72.2 cm³/mol. The van der Waals surface area contributed by atoms with Crippen molar-refractivity contribution >= 4 is 10.9 Å². The van der Waals surface area contributed by atoms with Crippen LogP contribution < -0.4 is 0 Å². The topological polar surface area (TPSA) is 38.0 Å². The van der Waals surface area contributed by atoms with Crippen molar-refractivity contribution in [2.45, 2.75) is 38.2 Å². The fourth-order valence-electron chi connectivity index (χ4n) is 3.16. The minimum atomic E-state index is -0.417. The third kappa shape index (κ3) is 2.03. The number of hydrogen-bond donors (Lipinski definition) is 1. The van der Waals surface area contributed by atoms with Gasteiger partial charge in [0.1, 0.15) is 0 Å². The molecule has 0 aliphatic heterocycles. The first kappa shape index (κ1) is 11.7. The Morgan fingerprint density at radius 1 is 1.33 bits per heavy atom. The Kier molecular flexibility index (Phi) is 3.08. The van der Waals surface area contributed by atoms with Gasteiger partial charge < -0.3 is 5.11 Å². The zero-order valence-electron chi connectivity index (χ0n) is 10.8. The van der Waals surface area contributed by atoms with Crippen LogP contribution in [0.4, 0.5) is 0 Å². The Bertz CT molecular complexity index is 540. The highest BCUT2D eigenvalue weighted by Gasteiger charge is 2.23. The van der Waals surface area contributed by atoms with Gasteiger partial charge in [0.15, 0.2) is 0 Å². The molecule has 1 unspecified atom stereocenters. The van der Waals surface area contributed by atoms with Crippen molar-refractivity contribution in [1.82, 2.24) is 9.78 Å². The highest BCUT2D eigenvalue weighted by atomic mass is 16.3. The summed E-state index contributed by atoms with van der Waals surface area (Å²) >= 11 is 0. The number of aliphatic hydroxyl groups is 1. The van der Waals surface area contributed by atoms with Crippen molar-refractivity contribution in [3.05, 3.63) is 30.0 Å². The molecule has 1 saturated carbocycles. The van der Waals surface area contributed by atoms with E-state index in [4.69, 9.17) is 0 Å². The molecule has 1 N–H and O–H groups in total. The highest BCUT2D eigenvalue weighted by molar-refractivity contribution is 5.82. The minimum absolute atomic E-state index is 0.417. The molecule has 3 rings (SSSR count). The van der Waals surface area contributed by atoms with Crippen molar-refractivity contribution in [2.24, 2.45) is 13.0 Å². The quantitative estimate of drug-likeness (QED) is 0.900. The van der Waals surface area contributed by atoms with Crippen LogP contribution >= 0.6 is 0 Å². The Hall–Kier alpha value is -1.35. The lowest BCUT2D eigenvalue weighted by atomic mass is 9.97. The van der Waals surface area contributed by atoms with Crippen LogP contribution in [0.3, 0.4) is 0 Å². The number of hydrogen-bond acceptors (Lipinski definition) is 2. The van der Waals surface area contributed by atoms with Gasteiger partial charge in [0.25, 0.3) is 0 Å². The first-order chi connectivity index (χ1) is 8.75. The van der Waals surface area contributed by atoms with Crippen molar-refractivity contribution in [3.63, 3.8) is 0 Å². The van der Waals surface area contributed by atoms with E-state index in [2.05, 4.69) is 11.2 Å². The molecule has 0 bridgehead atoms. The standard InChI is InChI=1S/C15H20N2O/c1-17-13-9-5-4-8-12(13)15(16-17)14(18)10-11-6-2-3-7-11/h4-5,8-9,11,14,18H,2-3,6-7,10H2,1H3. The molecular weight excluding hydrogens is 224 g/mol. The fraction of sp³-hybridized carbons (Fsp3) is 0.533. The summed E-state index contributed by atoms with van der Waals surface area (Å²) in [6.45, 7) is 0. The van der Waals surface area contributed by atoms with Gasteiger partial charge in [-0.1, -0.05) is 43.9 Å². The second-order valence-corrected chi connectivity index (χ2v) is 5.43. The molecule has 1 atom stereocenters. The average molecular weight is 244 g/mol. The monoisotopic (exact) mass is 244 g/mol. The van der Waals surface area contributed by atoms with Crippen LogP contribution in [0.15, 0.2) is 24.3 Å². The molecule has 0 saturated heterocycles. The fourth-order valence-corrected chi connectivity index (χ4v) is 3.16. The zero-order chi connectivity index (χ0) is 12.5. The zero-order valence-corrected chi connectivity index (χ0v) is 10.8. The smallest absolute Gasteiger partial charge is 0.0988 e. The van der Waals surface area contributed by atoms with Gasteiger partial charge >= 0.3 is 0 Å². The predicted octanol–water partition coefficient (Wildman–Crippen LogP) is 3.19. The summed E-state index contributed by atoms with van der Waals surface area (Å²) in [6, 6.07) is 8.12. The molecule has 2 aromatic rings. The Balaban J connectivity index is 1.88. The van der Waals surface area contributed by atoms with Crippen LogP contribution in [-0.2, 0) is 7.05 Å². The van der Waals surface area contributed by atoms with Crippen molar-refractivity contribution < 1.29 is 5.11 Å². The summed E-state index contributed by atoms with van der Waals surface area (Å²) in [5, 5.41) is 16.0. The van der Waals surface area contributed by atoms with E-state index < -0.39 is 6.10 Å². The van der Waals surface area contributed by atoms with Crippen LogP contribution in [0.25, 0.3) is 10.9 Å². The number of rotatable bonds is 3. The first-order valence-electron chi connectivity index (χ1n) is 6.85. The summed E-state index contributed by atoms with van der Waals surface area (Å²) in [7, 11) is 1.94. The van der Waals surface area contributed by atoms with Gasteiger partial charge in [-0.05, 0) is 18.4 Å². The van der Waals surface area contributed by atoms with E-state index in [1.807, 2.05) is 29.9 Å². The molecule has 1 aliphatic rings. The van der Waals surface area contributed by atoms with Crippen LogP contribution in [0, 0.1) is 5.92 Å². The lowest BCUT2D eigenvalue weighted by Gasteiger charge is -2.13. The van der Waals surface area contributed by atoms with Crippen molar-refractivity contribution in [1.29, 1.82) is 0 Å². The number of benzene rings is 1. The highest BCUT2D eigenvalue weighted by Crippen LogP contribution is 2.34. The molecule has 3 nitrogen and oxygen atoms in total. The lowest BCUT2D eigenvalue weighted by Crippen LogP contribution is -2.06. The molecule has 1 heterocycles. The van der Waals surface area contributed by atoms with E-state index in [0.29, 0.717) is 5.92 Å². The Morgan fingerprint density at radius 3 is 2.83 bits per heavy atom. The second kappa shape index (κ2) is 4.73. The maximum Gasteiger partial charge on any atom is 0.0988 e. The summed E-state index contributed by atoms with van der Waals surface area (Å²) in [5.41, 5.74) is 1.94. The van der Waals surface area contributed by atoms with Gasteiger partial charge in [-0.25, -0.2) is 0 Å². The van der Waals surface area contributed by atoms with Gasteiger partial charge in [-0.15, -0.1) is 0 Å². The third-order valence-corrected chi connectivity index (χ3v) is 4.13. The van der Waals surface area contributed by atoms with E-state index in [1.54, 1.807) is 0 Å². The maximum atomic E-state index is 10.4. The van der Waals surface area contributed by atoms with Gasteiger partial charge in [-0.3, -0.25) is 4.68 Å². The third-order valence-electron chi connectivity index (χ3n) is 4.13. The molecule has 96 valence electrons. The summed E-state index contributed by atoms with van der Waals surface area (Å²) in [4.78, 5) is 0. The van der Waals surface area contributed by atoms with Crippen LogP contribution in [0.5, 0.6) is 0 Å². The van der Waals surface area contributed by atoms with Gasteiger partial charge in [0, 0.05) is 12.4 Å². The van der Waals surface area contributed by atoms with Crippen LogP contribution in [0.1, 0.15) is 43.9 Å². The Labute approximate surface area is 107 Å². The molecule has 0 radical (unpaired) electrons. The minimum Gasteiger partial charge on any atom is -0.387 e. The average Bonchev–Trinajstić information content (AvgIpc) is 2.98. The molecule has 1 aromatic heterocycles. The number of aliphatic hydroxyl groups excluding tert-OH is 1. The first-order valence-corrected chi connectivity index (χ1v) is 6.85. The van der Waals surface area contributed by atoms with E-state index >= 15 is 0 Å². The van der Waals surface area contributed by atoms with Gasteiger partial charge in [-0.2, -0.15) is 5.10 Å². The largest absolute Gasteiger partial charge is 0.387 e. The molecule has 18 heavy (non-hydrogen) atoms. The molecule has 0 spiro atoms. The van der Waals surface area contributed by atoms with Crippen LogP contribution in [-0.4, -0.2) is 14.9 Å². The lowest BCUT2D eigenvalue weighted by molar-refractivity contribution is 0.141. The summed E-state index contributed by atoms with van der Waals surface area (Å²) in [6.07, 6.45) is 5.62. The van der Waals surface area contributed by atoms with Crippen molar-refractivity contribution in [3.8, 4) is 0 Å². The molecule has 1 aromatic carbocycles. The number of aryl methyl sites for hydroxylation is 1.